The van der Waals surface area contributed by atoms with E-state index in [1.165, 1.54) is 5.69 Å². The van der Waals surface area contributed by atoms with Crippen molar-refractivity contribution >= 4 is 5.91 Å². The van der Waals surface area contributed by atoms with Crippen molar-refractivity contribution < 1.29 is 4.79 Å². The van der Waals surface area contributed by atoms with E-state index in [1.807, 2.05) is 17.9 Å². The van der Waals surface area contributed by atoms with E-state index >= 15 is 0 Å². The topological polar surface area (TPSA) is 51.3 Å². The summed E-state index contributed by atoms with van der Waals surface area (Å²) in [6.45, 7) is 5.88. The summed E-state index contributed by atoms with van der Waals surface area (Å²) in [4.78, 5) is 13.7. The predicted octanol–water partition coefficient (Wildman–Crippen LogP) is 1.52. The largest absolute Gasteiger partial charge is 0.350 e. The molecule has 0 spiro atoms. The van der Waals surface area contributed by atoms with Crippen LogP contribution in [-0.4, -0.2) is 28.0 Å². The van der Waals surface area contributed by atoms with Crippen molar-refractivity contribution in [3.63, 3.8) is 0 Å². The fourth-order valence-corrected chi connectivity index (χ4v) is 2.71. The molecule has 2 atom stereocenters. The summed E-state index contributed by atoms with van der Waals surface area (Å²) in [7, 11) is 0. The second kappa shape index (κ2) is 4.92. The standard InChI is InChI=1S/C13H21N3O/c1-3-7-15-8-5-6-11(15)13-10(14)9-12(17)16(13)4-2/h5-6,8,10,13H,3-4,7,9,14H2,1-2H3/t10-,13-/m0/s1. The van der Waals surface area contributed by atoms with Crippen LogP contribution in [0.5, 0.6) is 0 Å². The van der Waals surface area contributed by atoms with Crippen LogP contribution >= 0.6 is 0 Å². The third-order valence-electron chi connectivity index (χ3n) is 3.44. The molecule has 4 heteroatoms. The number of amides is 1. The maximum Gasteiger partial charge on any atom is 0.224 e. The van der Waals surface area contributed by atoms with E-state index in [0.717, 1.165) is 19.5 Å². The van der Waals surface area contributed by atoms with Gasteiger partial charge in [-0.3, -0.25) is 4.79 Å². The van der Waals surface area contributed by atoms with Crippen LogP contribution in [0.1, 0.15) is 38.4 Å². The summed E-state index contributed by atoms with van der Waals surface area (Å²) >= 11 is 0. The van der Waals surface area contributed by atoms with Gasteiger partial charge >= 0.3 is 0 Å². The molecule has 1 fully saturated rings. The molecule has 1 amide bonds. The van der Waals surface area contributed by atoms with Crippen LogP contribution < -0.4 is 5.73 Å². The molecule has 94 valence electrons. The van der Waals surface area contributed by atoms with Crippen molar-refractivity contribution in [3.05, 3.63) is 24.0 Å². The lowest BCUT2D eigenvalue weighted by Gasteiger charge is -2.27. The summed E-state index contributed by atoms with van der Waals surface area (Å²) in [5.41, 5.74) is 7.29. The highest BCUT2D eigenvalue weighted by atomic mass is 16.2. The van der Waals surface area contributed by atoms with E-state index in [4.69, 9.17) is 5.73 Å². The smallest absolute Gasteiger partial charge is 0.224 e. The molecule has 2 heterocycles. The minimum Gasteiger partial charge on any atom is -0.350 e. The Hall–Kier alpha value is -1.29. The maximum atomic E-state index is 11.8. The zero-order chi connectivity index (χ0) is 12.4. The number of aromatic nitrogens is 1. The van der Waals surface area contributed by atoms with Crippen LogP contribution in [0.25, 0.3) is 0 Å². The SMILES string of the molecule is CCCn1cccc1[C@@H]1[C@@H](N)CC(=O)N1CC. The summed E-state index contributed by atoms with van der Waals surface area (Å²) < 4.78 is 2.21. The van der Waals surface area contributed by atoms with Gasteiger partial charge in [-0.1, -0.05) is 6.92 Å². The zero-order valence-corrected chi connectivity index (χ0v) is 10.6. The molecule has 0 radical (unpaired) electrons. The van der Waals surface area contributed by atoms with E-state index in [2.05, 4.69) is 23.8 Å². The van der Waals surface area contributed by atoms with Crippen LogP contribution in [0, 0.1) is 0 Å². The molecule has 1 aromatic heterocycles. The number of nitrogens with zero attached hydrogens (tertiary/aromatic N) is 2. The van der Waals surface area contributed by atoms with Crippen molar-refractivity contribution in [2.75, 3.05) is 6.54 Å². The summed E-state index contributed by atoms with van der Waals surface area (Å²) in [5.74, 6) is 0.175. The fraction of sp³-hybridized carbons (Fsp3) is 0.615. The van der Waals surface area contributed by atoms with Gasteiger partial charge in [-0.2, -0.15) is 0 Å². The first-order chi connectivity index (χ1) is 8.19. The molecular formula is C13H21N3O. The minimum absolute atomic E-state index is 0.0500. The van der Waals surface area contributed by atoms with Gasteiger partial charge in [-0.05, 0) is 25.5 Å². The maximum absolute atomic E-state index is 11.8. The normalized spacial score (nSPS) is 24.6. The number of likely N-dealkylation sites (tertiary alicyclic amines) is 1. The third-order valence-corrected chi connectivity index (χ3v) is 3.44. The van der Waals surface area contributed by atoms with E-state index in [1.54, 1.807) is 0 Å². The summed E-state index contributed by atoms with van der Waals surface area (Å²) in [6.07, 6.45) is 3.63. The highest BCUT2D eigenvalue weighted by Gasteiger charge is 2.38. The molecule has 2 rings (SSSR count). The van der Waals surface area contributed by atoms with Gasteiger partial charge in [0.1, 0.15) is 0 Å². The molecule has 0 aliphatic carbocycles. The van der Waals surface area contributed by atoms with Gasteiger partial charge in [-0.25, -0.2) is 0 Å². The minimum atomic E-state index is -0.0760. The van der Waals surface area contributed by atoms with E-state index in [-0.39, 0.29) is 18.0 Å². The van der Waals surface area contributed by atoms with Crippen molar-refractivity contribution in [3.8, 4) is 0 Å². The number of carbonyl (C=O) groups excluding carboxylic acids is 1. The van der Waals surface area contributed by atoms with Crippen LogP contribution in [0.4, 0.5) is 0 Å². The average Bonchev–Trinajstić information content (AvgIpc) is 2.83. The van der Waals surface area contributed by atoms with Gasteiger partial charge in [0.15, 0.2) is 0 Å². The first kappa shape index (κ1) is 12.2. The predicted molar refractivity (Wildman–Crippen MR) is 67.4 cm³/mol. The summed E-state index contributed by atoms with van der Waals surface area (Å²) in [5, 5.41) is 0. The molecule has 0 aromatic carbocycles. The second-order valence-electron chi connectivity index (χ2n) is 4.62. The van der Waals surface area contributed by atoms with Crippen molar-refractivity contribution in [1.82, 2.24) is 9.47 Å². The van der Waals surface area contributed by atoms with Gasteiger partial charge in [0.25, 0.3) is 0 Å². The quantitative estimate of drug-likeness (QED) is 0.860. The van der Waals surface area contributed by atoms with Crippen LogP contribution in [0.15, 0.2) is 18.3 Å². The molecule has 1 aliphatic heterocycles. The number of aryl methyl sites for hydroxylation is 1. The number of rotatable bonds is 4. The van der Waals surface area contributed by atoms with Crippen molar-refractivity contribution in [2.45, 2.75) is 45.3 Å². The monoisotopic (exact) mass is 235 g/mol. The van der Waals surface area contributed by atoms with Crippen LogP contribution in [-0.2, 0) is 11.3 Å². The Morgan fingerprint density at radius 2 is 2.24 bits per heavy atom. The average molecular weight is 235 g/mol. The Balaban J connectivity index is 2.30. The Morgan fingerprint density at radius 1 is 1.47 bits per heavy atom. The lowest BCUT2D eigenvalue weighted by molar-refractivity contribution is -0.128. The van der Waals surface area contributed by atoms with Crippen LogP contribution in [0.2, 0.25) is 0 Å². The molecule has 1 aromatic rings. The molecule has 0 unspecified atom stereocenters. The molecule has 1 saturated heterocycles. The Morgan fingerprint density at radius 3 is 2.88 bits per heavy atom. The van der Waals surface area contributed by atoms with E-state index < -0.39 is 0 Å². The first-order valence-corrected chi connectivity index (χ1v) is 6.39. The van der Waals surface area contributed by atoms with Gasteiger partial charge in [-0.15, -0.1) is 0 Å². The second-order valence-corrected chi connectivity index (χ2v) is 4.62. The number of likely N-dealkylation sites (N-methyl/N-ethyl adjacent to an activating group) is 1. The van der Waals surface area contributed by atoms with Gasteiger partial charge < -0.3 is 15.2 Å². The molecule has 0 saturated carbocycles. The number of hydrogen-bond donors (Lipinski definition) is 1. The molecule has 2 N–H and O–H groups in total. The van der Waals surface area contributed by atoms with Gasteiger partial charge in [0.05, 0.1) is 6.04 Å². The van der Waals surface area contributed by atoms with Gasteiger partial charge in [0, 0.05) is 37.4 Å². The molecule has 1 aliphatic rings. The van der Waals surface area contributed by atoms with E-state index in [9.17, 15) is 4.79 Å². The zero-order valence-electron chi connectivity index (χ0n) is 10.6. The lowest BCUT2D eigenvalue weighted by Crippen LogP contribution is -2.34. The lowest BCUT2D eigenvalue weighted by atomic mass is 10.1. The molecule has 4 nitrogen and oxygen atoms in total. The summed E-state index contributed by atoms with van der Waals surface area (Å²) in [6, 6.07) is 4.09. The highest BCUT2D eigenvalue weighted by molar-refractivity contribution is 5.80. The highest BCUT2D eigenvalue weighted by Crippen LogP contribution is 2.32. The number of carbonyl (C=O) groups is 1. The Bertz CT molecular complexity index is 399. The number of nitrogens with two attached hydrogens (primary N) is 1. The van der Waals surface area contributed by atoms with Crippen LogP contribution in [0.3, 0.4) is 0 Å². The van der Waals surface area contributed by atoms with Crippen molar-refractivity contribution in [1.29, 1.82) is 0 Å². The van der Waals surface area contributed by atoms with Crippen molar-refractivity contribution in [2.24, 2.45) is 5.73 Å². The van der Waals surface area contributed by atoms with Gasteiger partial charge in [0.2, 0.25) is 5.91 Å². The molecule has 17 heavy (non-hydrogen) atoms. The molecule has 0 bridgehead atoms. The molecular weight excluding hydrogens is 214 g/mol. The van der Waals surface area contributed by atoms with E-state index in [0.29, 0.717) is 6.42 Å². The third kappa shape index (κ3) is 2.09. The Labute approximate surface area is 102 Å². The number of hydrogen-bond acceptors (Lipinski definition) is 2. The first-order valence-electron chi connectivity index (χ1n) is 6.39. The fourth-order valence-electron chi connectivity index (χ4n) is 2.71. The Kier molecular flexibility index (Phi) is 3.52.